The topological polar surface area (TPSA) is 96.6 Å². The van der Waals surface area contributed by atoms with Gasteiger partial charge in [-0.2, -0.15) is 4.98 Å². The number of hydrogen-bond donors (Lipinski definition) is 1. The van der Waals surface area contributed by atoms with Crippen LogP contribution < -0.4 is 15.1 Å². The van der Waals surface area contributed by atoms with Gasteiger partial charge in [-0.1, -0.05) is 0 Å². The van der Waals surface area contributed by atoms with Crippen molar-refractivity contribution < 1.29 is 13.9 Å². The van der Waals surface area contributed by atoms with Gasteiger partial charge in [-0.3, -0.25) is 4.79 Å². The van der Waals surface area contributed by atoms with Crippen molar-refractivity contribution in [3.63, 3.8) is 0 Å². The monoisotopic (exact) mass is 388 g/mol. The highest BCUT2D eigenvalue weighted by Crippen LogP contribution is 2.21. The number of carbonyl (C=O) groups is 1. The number of methoxy groups -OCH3 is 1. The largest absolute Gasteiger partial charge is 0.446 e. The Morgan fingerprint density at radius 1 is 1.36 bits per heavy atom. The van der Waals surface area contributed by atoms with Crippen molar-refractivity contribution >= 4 is 17.7 Å². The van der Waals surface area contributed by atoms with E-state index in [0.717, 1.165) is 17.3 Å². The second-order valence-electron chi connectivity index (χ2n) is 7.21. The van der Waals surface area contributed by atoms with Crippen LogP contribution in [0, 0.1) is 13.8 Å². The fourth-order valence-electron chi connectivity index (χ4n) is 3.21. The zero-order chi connectivity index (χ0) is 20.3. The molecule has 0 saturated carbocycles. The molecule has 0 unspecified atom stereocenters. The number of oxazole rings is 1. The third kappa shape index (κ3) is 4.59. The number of ether oxygens (including phenoxy) is 1. The van der Waals surface area contributed by atoms with E-state index >= 15 is 0 Å². The lowest BCUT2D eigenvalue weighted by Crippen LogP contribution is -2.43. The summed E-state index contributed by atoms with van der Waals surface area (Å²) in [6.45, 7) is 5.05. The summed E-state index contributed by atoms with van der Waals surface area (Å²) in [5, 5.41) is 3.08. The summed E-state index contributed by atoms with van der Waals surface area (Å²) in [6, 6.07) is 1.76. The smallest absolute Gasteiger partial charge is 0.226 e. The van der Waals surface area contributed by atoms with E-state index in [2.05, 4.69) is 25.2 Å². The van der Waals surface area contributed by atoms with Crippen LogP contribution in [0.1, 0.15) is 23.8 Å². The number of carbonyl (C=O) groups excluding carboxylic acids is 1. The summed E-state index contributed by atoms with van der Waals surface area (Å²) in [5.41, 5.74) is 0.864. The van der Waals surface area contributed by atoms with Gasteiger partial charge >= 0.3 is 0 Å². The SMILES string of the molecule is CO[C@@H]1CN(c2ccnc(N(C)C)n2)C[C@@H]1NC(=O)CCc1nc(C)c(C)o1. The lowest BCUT2D eigenvalue weighted by molar-refractivity contribution is -0.122. The first-order chi connectivity index (χ1) is 13.4. The molecule has 9 nitrogen and oxygen atoms in total. The van der Waals surface area contributed by atoms with Crippen LogP contribution in [0.3, 0.4) is 0 Å². The minimum absolute atomic E-state index is 0.0425. The van der Waals surface area contributed by atoms with Gasteiger partial charge < -0.3 is 24.3 Å². The van der Waals surface area contributed by atoms with Crippen molar-refractivity contribution in [2.45, 2.75) is 38.8 Å². The van der Waals surface area contributed by atoms with E-state index in [4.69, 9.17) is 9.15 Å². The number of nitrogens with zero attached hydrogens (tertiary/aromatic N) is 5. The standard InChI is InChI=1S/C19H28N6O3/c1-12-13(2)28-18(21-12)7-6-17(26)22-14-10-25(11-15(14)27-5)16-8-9-20-19(23-16)24(3)4/h8-9,14-15H,6-7,10-11H2,1-5H3,(H,22,26)/t14-,15+/m0/s1. The molecule has 2 aromatic heterocycles. The molecule has 1 amide bonds. The maximum Gasteiger partial charge on any atom is 0.226 e. The van der Waals surface area contributed by atoms with Crippen LogP contribution in [0.2, 0.25) is 0 Å². The van der Waals surface area contributed by atoms with E-state index in [-0.39, 0.29) is 18.1 Å². The predicted octanol–water partition coefficient (Wildman–Crippen LogP) is 1.10. The first-order valence-electron chi connectivity index (χ1n) is 9.37. The number of nitrogens with one attached hydrogen (secondary N) is 1. The molecule has 1 aliphatic rings. The molecule has 1 N–H and O–H groups in total. The Morgan fingerprint density at radius 3 is 2.79 bits per heavy atom. The van der Waals surface area contributed by atoms with E-state index < -0.39 is 0 Å². The highest BCUT2D eigenvalue weighted by molar-refractivity contribution is 5.76. The Hall–Kier alpha value is -2.68. The van der Waals surface area contributed by atoms with Gasteiger partial charge in [0.05, 0.1) is 17.8 Å². The van der Waals surface area contributed by atoms with Crippen molar-refractivity contribution in [3.05, 3.63) is 29.6 Å². The molecule has 0 aliphatic carbocycles. The Kier molecular flexibility index (Phi) is 6.13. The fraction of sp³-hybridized carbons (Fsp3) is 0.579. The van der Waals surface area contributed by atoms with Crippen molar-refractivity contribution in [3.8, 4) is 0 Å². The molecule has 0 aromatic carbocycles. The number of hydrogen-bond acceptors (Lipinski definition) is 8. The molecule has 2 aromatic rings. The van der Waals surface area contributed by atoms with E-state index in [0.29, 0.717) is 37.8 Å². The Balaban J connectivity index is 1.59. The molecule has 152 valence electrons. The molecule has 2 atom stereocenters. The minimum Gasteiger partial charge on any atom is -0.446 e. The number of aryl methyl sites for hydroxylation is 3. The van der Waals surface area contributed by atoms with Crippen molar-refractivity contribution in [2.24, 2.45) is 0 Å². The summed E-state index contributed by atoms with van der Waals surface area (Å²) >= 11 is 0. The van der Waals surface area contributed by atoms with Gasteiger partial charge in [-0.15, -0.1) is 0 Å². The quantitative estimate of drug-likeness (QED) is 0.753. The number of anilines is 2. The van der Waals surface area contributed by atoms with Crippen LogP contribution in [-0.4, -0.2) is 67.3 Å². The second kappa shape index (κ2) is 8.55. The summed E-state index contributed by atoms with van der Waals surface area (Å²) in [4.78, 5) is 29.5. The summed E-state index contributed by atoms with van der Waals surface area (Å²) in [7, 11) is 5.47. The van der Waals surface area contributed by atoms with Crippen LogP contribution in [0.15, 0.2) is 16.7 Å². The maximum atomic E-state index is 12.4. The number of amides is 1. The van der Waals surface area contributed by atoms with E-state index in [1.807, 2.05) is 38.9 Å². The zero-order valence-corrected chi connectivity index (χ0v) is 17.1. The van der Waals surface area contributed by atoms with Crippen LogP contribution in [0.25, 0.3) is 0 Å². The fourth-order valence-corrected chi connectivity index (χ4v) is 3.21. The lowest BCUT2D eigenvalue weighted by atomic mass is 10.2. The molecule has 1 fully saturated rings. The maximum absolute atomic E-state index is 12.4. The second-order valence-corrected chi connectivity index (χ2v) is 7.21. The third-order valence-corrected chi connectivity index (χ3v) is 4.91. The van der Waals surface area contributed by atoms with Crippen molar-refractivity contribution in [2.75, 3.05) is 44.1 Å². The van der Waals surface area contributed by atoms with Gasteiger partial charge in [0.1, 0.15) is 11.6 Å². The Morgan fingerprint density at radius 2 is 2.14 bits per heavy atom. The summed E-state index contributed by atoms with van der Waals surface area (Å²) < 4.78 is 11.1. The highest BCUT2D eigenvalue weighted by Gasteiger charge is 2.34. The summed E-state index contributed by atoms with van der Waals surface area (Å²) in [6.07, 6.45) is 2.44. The highest BCUT2D eigenvalue weighted by atomic mass is 16.5. The molecule has 0 spiro atoms. The van der Waals surface area contributed by atoms with Crippen molar-refractivity contribution in [1.29, 1.82) is 0 Å². The van der Waals surface area contributed by atoms with Gasteiger partial charge in [-0.25, -0.2) is 9.97 Å². The molecule has 1 saturated heterocycles. The Labute approximate surface area is 165 Å². The minimum atomic E-state index is -0.108. The molecule has 3 rings (SSSR count). The molecule has 28 heavy (non-hydrogen) atoms. The van der Waals surface area contributed by atoms with Gasteiger partial charge in [0.2, 0.25) is 11.9 Å². The van der Waals surface area contributed by atoms with Gasteiger partial charge in [0, 0.05) is 53.3 Å². The summed E-state index contributed by atoms with van der Waals surface area (Å²) in [5.74, 6) is 2.82. The molecular weight excluding hydrogens is 360 g/mol. The normalized spacial score (nSPS) is 19.1. The molecule has 0 radical (unpaired) electrons. The Bertz CT molecular complexity index is 802. The molecule has 3 heterocycles. The van der Waals surface area contributed by atoms with Gasteiger partial charge in [-0.05, 0) is 19.9 Å². The van der Waals surface area contributed by atoms with E-state index in [9.17, 15) is 4.79 Å². The van der Waals surface area contributed by atoms with Gasteiger partial charge in [0.25, 0.3) is 0 Å². The van der Waals surface area contributed by atoms with Crippen LogP contribution in [-0.2, 0) is 16.0 Å². The zero-order valence-electron chi connectivity index (χ0n) is 17.1. The average Bonchev–Trinajstić information content (AvgIpc) is 3.23. The van der Waals surface area contributed by atoms with E-state index in [1.165, 1.54) is 0 Å². The first kappa shape index (κ1) is 20.1. The molecule has 0 bridgehead atoms. The average molecular weight is 388 g/mol. The van der Waals surface area contributed by atoms with Crippen molar-refractivity contribution in [1.82, 2.24) is 20.3 Å². The number of rotatable bonds is 7. The molecular formula is C19H28N6O3. The lowest BCUT2D eigenvalue weighted by Gasteiger charge is -2.19. The van der Waals surface area contributed by atoms with Crippen LogP contribution in [0.5, 0.6) is 0 Å². The van der Waals surface area contributed by atoms with E-state index in [1.54, 1.807) is 13.3 Å². The predicted molar refractivity (Wildman–Crippen MR) is 106 cm³/mol. The molecule has 9 heteroatoms. The molecule has 1 aliphatic heterocycles. The third-order valence-electron chi connectivity index (χ3n) is 4.91. The van der Waals surface area contributed by atoms with Gasteiger partial charge in [0.15, 0.2) is 5.89 Å². The first-order valence-corrected chi connectivity index (χ1v) is 9.37. The van der Waals surface area contributed by atoms with Crippen LogP contribution in [0.4, 0.5) is 11.8 Å². The van der Waals surface area contributed by atoms with Crippen LogP contribution >= 0.6 is 0 Å². The number of aromatic nitrogens is 3.